The summed E-state index contributed by atoms with van der Waals surface area (Å²) in [5, 5.41) is 5.56. The molecular weight excluding hydrogens is 256 g/mol. The van der Waals surface area contributed by atoms with Crippen LogP contribution in [0, 0.1) is 0 Å². The van der Waals surface area contributed by atoms with Crippen molar-refractivity contribution in [3.05, 3.63) is 29.8 Å². The van der Waals surface area contributed by atoms with Crippen molar-refractivity contribution < 1.29 is 14.3 Å². The maximum absolute atomic E-state index is 11.8. The molecule has 0 bridgehead atoms. The molecule has 1 aliphatic heterocycles. The molecule has 2 rings (SSSR count). The minimum Gasteiger partial charge on any atom is -0.494 e. The highest BCUT2D eigenvalue weighted by Gasteiger charge is 2.22. The molecule has 0 spiro atoms. The molecule has 2 N–H and O–H groups in total. The van der Waals surface area contributed by atoms with Crippen LogP contribution < -0.4 is 15.4 Å². The largest absolute Gasteiger partial charge is 0.494 e. The molecule has 5 nitrogen and oxygen atoms in total. The van der Waals surface area contributed by atoms with Gasteiger partial charge in [-0.25, -0.2) is 0 Å². The second kappa shape index (κ2) is 6.93. The zero-order valence-electron chi connectivity index (χ0n) is 11.6. The average Bonchev–Trinajstić information content (AvgIpc) is 2.84. The molecular formula is C15H20N2O3. The van der Waals surface area contributed by atoms with Gasteiger partial charge in [0.1, 0.15) is 5.75 Å². The van der Waals surface area contributed by atoms with E-state index in [2.05, 4.69) is 10.6 Å². The fourth-order valence-electron chi connectivity index (χ4n) is 2.18. The van der Waals surface area contributed by atoms with E-state index in [1.54, 1.807) is 0 Å². The smallest absolute Gasteiger partial charge is 0.222 e. The van der Waals surface area contributed by atoms with Crippen molar-refractivity contribution in [2.75, 3.05) is 13.2 Å². The Labute approximate surface area is 118 Å². The van der Waals surface area contributed by atoms with Gasteiger partial charge in [-0.2, -0.15) is 0 Å². The lowest BCUT2D eigenvalue weighted by molar-refractivity contribution is -0.121. The molecule has 1 aliphatic rings. The molecule has 1 unspecified atom stereocenters. The minimum absolute atomic E-state index is 0.00168. The van der Waals surface area contributed by atoms with Crippen LogP contribution in [0.3, 0.4) is 0 Å². The number of hydrogen-bond acceptors (Lipinski definition) is 3. The fourth-order valence-corrected chi connectivity index (χ4v) is 2.18. The summed E-state index contributed by atoms with van der Waals surface area (Å²) in [6, 6.07) is 7.71. The third kappa shape index (κ3) is 4.26. The Morgan fingerprint density at radius 3 is 2.75 bits per heavy atom. The van der Waals surface area contributed by atoms with Gasteiger partial charge in [-0.15, -0.1) is 0 Å². The van der Waals surface area contributed by atoms with Gasteiger partial charge in [-0.05, 0) is 31.0 Å². The van der Waals surface area contributed by atoms with Crippen molar-refractivity contribution >= 4 is 11.8 Å². The average molecular weight is 276 g/mol. The third-order valence-corrected chi connectivity index (χ3v) is 3.22. The van der Waals surface area contributed by atoms with Crippen LogP contribution in [0.15, 0.2) is 24.3 Å². The first-order valence-electron chi connectivity index (χ1n) is 6.95. The summed E-state index contributed by atoms with van der Waals surface area (Å²) in [4.78, 5) is 22.8. The van der Waals surface area contributed by atoms with E-state index in [0.29, 0.717) is 32.4 Å². The number of carbonyl (C=O) groups excluding carboxylic acids is 2. The number of amides is 2. The lowest BCUT2D eigenvalue weighted by Crippen LogP contribution is -2.36. The zero-order valence-corrected chi connectivity index (χ0v) is 11.6. The van der Waals surface area contributed by atoms with E-state index in [9.17, 15) is 9.59 Å². The maximum Gasteiger partial charge on any atom is 0.222 e. The zero-order chi connectivity index (χ0) is 14.4. The molecule has 1 fully saturated rings. The third-order valence-electron chi connectivity index (χ3n) is 3.22. The van der Waals surface area contributed by atoms with Gasteiger partial charge in [0.05, 0.1) is 12.6 Å². The predicted molar refractivity (Wildman–Crippen MR) is 75.5 cm³/mol. The Morgan fingerprint density at radius 2 is 2.15 bits per heavy atom. The fraction of sp³-hybridized carbons (Fsp3) is 0.467. The number of nitrogens with one attached hydrogen (secondary N) is 2. The lowest BCUT2D eigenvalue weighted by atomic mass is 10.1. The summed E-state index contributed by atoms with van der Waals surface area (Å²) in [5.74, 6) is 0.832. The van der Waals surface area contributed by atoms with Gasteiger partial charge in [0, 0.05) is 19.4 Å². The monoisotopic (exact) mass is 276 g/mol. The van der Waals surface area contributed by atoms with E-state index in [0.717, 1.165) is 11.3 Å². The molecule has 1 saturated heterocycles. The number of ether oxygens (including phenoxy) is 1. The lowest BCUT2D eigenvalue weighted by Gasteiger charge is -2.10. The molecule has 1 heterocycles. The number of benzene rings is 1. The highest BCUT2D eigenvalue weighted by molar-refractivity contribution is 5.82. The number of hydrogen-bond donors (Lipinski definition) is 2. The van der Waals surface area contributed by atoms with Gasteiger partial charge in [-0.3, -0.25) is 9.59 Å². The SMILES string of the molecule is CCOc1ccc(CCC(=O)NC2CNC(=O)C2)cc1. The molecule has 0 aromatic heterocycles. The molecule has 5 heteroatoms. The van der Waals surface area contributed by atoms with Gasteiger partial charge in [-0.1, -0.05) is 12.1 Å². The first-order valence-corrected chi connectivity index (χ1v) is 6.95. The van der Waals surface area contributed by atoms with E-state index in [1.807, 2.05) is 31.2 Å². The van der Waals surface area contributed by atoms with E-state index in [4.69, 9.17) is 4.74 Å². The number of rotatable bonds is 6. The van der Waals surface area contributed by atoms with Crippen molar-refractivity contribution in [2.24, 2.45) is 0 Å². The van der Waals surface area contributed by atoms with E-state index < -0.39 is 0 Å². The van der Waals surface area contributed by atoms with Crippen molar-refractivity contribution in [1.82, 2.24) is 10.6 Å². The van der Waals surface area contributed by atoms with Crippen LogP contribution in [0.5, 0.6) is 5.75 Å². The van der Waals surface area contributed by atoms with Gasteiger partial charge in [0.15, 0.2) is 0 Å². The van der Waals surface area contributed by atoms with E-state index >= 15 is 0 Å². The van der Waals surface area contributed by atoms with Crippen LogP contribution in [0.4, 0.5) is 0 Å². The van der Waals surface area contributed by atoms with E-state index in [1.165, 1.54) is 0 Å². The van der Waals surface area contributed by atoms with Gasteiger partial charge in [0.25, 0.3) is 0 Å². The quantitative estimate of drug-likeness (QED) is 0.815. The molecule has 1 atom stereocenters. The van der Waals surface area contributed by atoms with Gasteiger partial charge >= 0.3 is 0 Å². The summed E-state index contributed by atoms with van der Waals surface area (Å²) in [5.41, 5.74) is 1.10. The Hall–Kier alpha value is -2.04. The summed E-state index contributed by atoms with van der Waals surface area (Å²) in [6.07, 6.45) is 1.50. The Morgan fingerprint density at radius 1 is 1.40 bits per heavy atom. The highest BCUT2D eigenvalue weighted by Crippen LogP contribution is 2.13. The van der Waals surface area contributed by atoms with Crippen LogP contribution in [0.1, 0.15) is 25.3 Å². The summed E-state index contributed by atoms with van der Waals surface area (Å²) < 4.78 is 5.37. The summed E-state index contributed by atoms with van der Waals surface area (Å²) in [6.45, 7) is 3.13. The topological polar surface area (TPSA) is 67.4 Å². The molecule has 108 valence electrons. The van der Waals surface area contributed by atoms with Crippen molar-refractivity contribution in [1.29, 1.82) is 0 Å². The molecule has 20 heavy (non-hydrogen) atoms. The number of carbonyl (C=O) groups is 2. The van der Waals surface area contributed by atoms with Gasteiger partial charge < -0.3 is 15.4 Å². The van der Waals surface area contributed by atoms with Crippen molar-refractivity contribution in [3.63, 3.8) is 0 Å². The second-order valence-corrected chi connectivity index (χ2v) is 4.85. The molecule has 1 aromatic carbocycles. The van der Waals surface area contributed by atoms with Crippen LogP contribution in [-0.2, 0) is 16.0 Å². The normalized spacial score (nSPS) is 17.6. The van der Waals surface area contributed by atoms with Crippen LogP contribution in [0.2, 0.25) is 0 Å². The second-order valence-electron chi connectivity index (χ2n) is 4.85. The first-order chi connectivity index (χ1) is 9.67. The van der Waals surface area contributed by atoms with E-state index in [-0.39, 0.29) is 17.9 Å². The van der Waals surface area contributed by atoms with Crippen molar-refractivity contribution in [3.8, 4) is 5.75 Å². The molecule has 0 saturated carbocycles. The van der Waals surface area contributed by atoms with Crippen molar-refractivity contribution in [2.45, 2.75) is 32.2 Å². The Balaban J connectivity index is 1.73. The van der Waals surface area contributed by atoms with Crippen LogP contribution >= 0.6 is 0 Å². The maximum atomic E-state index is 11.8. The van der Waals surface area contributed by atoms with Crippen LogP contribution in [0.25, 0.3) is 0 Å². The first kappa shape index (κ1) is 14.4. The molecule has 0 aliphatic carbocycles. The number of aryl methyl sites for hydroxylation is 1. The highest BCUT2D eigenvalue weighted by atomic mass is 16.5. The van der Waals surface area contributed by atoms with Crippen LogP contribution in [-0.4, -0.2) is 31.0 Å². The standard InChI is InChI=1S/C15H20N2O3/c1-2-20-13-6-3-11(4-7-13)5-8-14(18)17-12-9-15(19)16-10-12/h3-4,6-7,12H,2,5,8-10H2,1H3,(H,16,19)(H,17,18). The Bertz CT molecular complexity index is 471. The minimum atomic E-state index is -0.0599. The molecule has 1 aromatic rings. The Kier molecular flexibility index (Phi) is 4.98. The summed E-state index contributed by atoms with van der Waals surface area (Å²) in [7, 11) is 0. The van der Waals surface area contributed by atoms with Gasteiger partial charge in [0.2, 0.25) is 11.8 Å². The predicted octanol–water partition coefficient (Wildman–Crippen LogP) is 1.02. The molecule has 2 amide bonds. The molecule has 0 radical (unpaired) electrons. The summed E-state index contributed by atoms with van der Waals surface area (Å²) >= 11 is 0.